The quantitative estimate of drug-likeness (QED) is 0.801. The third-order valence-corrected chi connectivity index (χ3v) is 5.43. The third-order valence-electron chi connectivity index (χ3n) is 4.11. The van der Waals surface area contributed by atoms with Crippen LogP contribution in [-0.2, 0) is 0 Å². The maximum Gasteiger partial charge on any atom is 0.182 e. The molecule has 0 radical (unpaired) electrons. The minimum atomic E-state index is -0.0476. The van der Waals surface area contributed by atoms with Gasteiger partial charge in [0.15, 0.2) is 22.7 Å². The summed E-state index contributed by atoms with van der Waals surface area (Å²) in [5, 5.41) is 6.46. The minimum Gasteiger partial charge on any atom is -0.229 e. The third kappa shape index (κ3) is 2.50. The molecule has 2 atom stereocenters. The monoisotopic (exact) mass is 354 g/mol. The van der Waals surface area contributed by atoms with Gasteiger partial charge in [0, 0.05) is 0 Å². The van der Waals surface area contributed by atoms with Crippen LogP contribution in [0.2, 0.25) is 0 Å². The van der Waals surface area contributed by atoms with Gasteiger partial charge in [0.2, 0.25) is 0 Å². The second-order valence-corrected chi connectivity index (χ2v) is 7.04. The maximum atomic E-state index is 4.97. The zero-order valence-corrected chi connectivity index (χ0v) is 15.2. The fraction of sp³-hybridized carbons (Fsp3) is 0.222. The summed E-state index contributed by atoms with van der Waals surface area (Å²) >= 11 is 3.34. The standard InChI is InChI=1S/C18H18N4S2/c1-23-17-19-15(13-9-5-3-6-10-13)22-18(24-2)20-16(21(17)22)14-11-7-4-8-12-14/h3-12,15-16H,1-2H3. The second kappa shape index (κ2) is 6.53. The molecule has 0 spiro atoms. The number of nitrogens with zero attached hydrogens (tertiary/aromatic N) is 4. The molecule has 122 valence electrons. The van der Waals surface area contributed by atoms with Crippen molar-refractivity contribution in [2.45, 2.75) is 12.3 Å². The summed E-state index contributed by atoms with van der Waals surface area (Å²) in [4.78, 5) is 9.95. The van der Waals surface area contributed by atoms with Crippen molar-refractivity contribution in [1.82, 2.24) is 10.0 Å². The molecule has 2 aliphatic rings. The van der Waals surface area contributed by atoms with Gasteiger partial charge in [-0.2, -0.15) is 0 Å². The molecule has 2 unspecified atom stereocenters. The molecule has 2 heterocycles. The van der Waals surface area contributed by atoms with Crippen LogP contribution in [0, 0.1) is 0 Å². The van der Waals surface area contributed by atoms with Gasteiger partial charge in [-0.15, -0.1) is 0 Å². The molecule has 2 aromatic rings. The fourth-order valence-corrected chi connectivity index (χ4v) is 4.20. The molecule has 0 saturated heterocycles. The lowest BCUT2D eigenvalue weighted by atomic mass is 10.2. The maximum absolute atomic E-state index is 4.97. The highest BCUT2D eigenvalue weighted by molar-refractivity contribution is 8.13. The Morgan fingerprint density at radius 1 is 0.667 bits per heavy atom. The van der Waals surface area contributed by atoms with Crippen LogP contribution in [0.1, 0.15) is 23.5 Å². The molecule has 0 fully saturated rings. The molecule has 0 amide bonds. The second-order valence-electron chi connectivity index (χ2n) is 5.49. The number of aliphatic imine (C=N–C) groups is 2. The van der Waals surface area contributed by atoms with Crippen molar-refractivity contribution in [2.24, 2.45) is 9.98 Å². The lowest BCUT2D eigenvalue weighted by Gasteiger charge is -2.31. The Labute approximate surface area is 150 Å². The molecule has 2 aromatic carbocycles. The van der Waals surface area contributed by atoms with E-state index in [0.29, 0.717) is 0 Å². The smallest absolute Gasteiger partial charge is 0.182 e. The number of thioether (sulfide) groups is 2. The number of fused-ring (bicyclic) bond motifs is 1. The molecular formula is C18H18N4S2. The van der Waals surface area contributed by atoms with Crippen LogP contribution in [0.15, 0.2) is 70.6 Å². The van der Waals surface area contributed by atoms with Crippen LogP contribution in [0.4, 0.5) is 0 Å². The van der Waals surface area contributed by atoms with Crippen LogP contribution in [-0.4, -0.2) is 32.9 Å². The number of hydrogen-bond acceptors (Lipinski definition) is 6. The van der Waals surface area contributed by atoms with Gasteiger partial charge in [0.25, 0.3) is 0 Å². The normalized spacial score (nSPS) is 22.4. The van der Waals surface area contributed by atoms with E-state index in [-0.39, 0.29) is 12.3 Å². The van der Waals surface area contributed by atoms with Gasteiger partial charge in [-0.1, -0.05) is 84.2 Å². The van der Waals surface area contributed by atoms with Crippen molar-refractivity contribution < 1.29 is 0 Å². The molecule has 0 N–H and O–H groups in total. The SMILES string of the molecule is CSC1=NC(c2ccccc2)N2C(SC)=NC(c3ccccc3)N12. The molecular weight excluding hydrogens is 336 g/mol. The summed E-state index contributed by atoms with van der Waals surface area (Å²) in [6.07, 6.45) is 4.05. The number of rotatable bonds is 2. The van der Waals surface area contributed by atoms with E-state index >= 15 is 0 Å². The summed E-state index contributed by atoms with van der Waals surface area (Å²) < 4.78 is 0. The topological polar surface area (TPSA) is 31.2 Å². The molecule has 0 aliphatic carbocycles. The average Bonchev–Trinajstić information content (AvgIpc) is 3.21. The van der Waals surface area contributed by atoms with Gasteiger partial charge >= 0.3 is 0 Å². The van der Waals surface area contributed by atoms with Gasteiger partial charge in [-0.25, -0.2) is 20.0 Å². The lowest BCUT2D eigenvalue weighted by molar-refractivity contribution is 0.105. The average molecular weight is 355 g/mol. The van der Waals surface area contributed by atoms with Gasteiger partial charge in [-0.3, -0.25) is 0 Å². The Kier molecular flexibility index (Phi) is 4.24. The molecule has 2 aliphatic heterocycles. The Morgan fingerprint density at radius 3 is 1.38 bits per heavy atom. The van der Waals surface area contributed by atoms with Crippen molar-refractivity contribution in [3.63, 3.8) is 0 Å². The largest absolute Gasteiger partial charge is 0.229 e. The van der Waals surface area contributed by atoms with Gasteiger partial charge in [-0.05, 0) is 23.6 Å². The van der Waals surface area contributed by atoms with E-state index in [1.807, 2.05) is 12.1 Å². The molecule has 6 heteroatoms. The van der Waals surface area contributed by atoms with E-state index < -0.39 is 0 Å². The predicted molar refractivity (Wildman–Crippen MR) is 104 cm³/mol. The summed E-state index contributed by atoms with van der Waals surface area (Å²) in [7, 11) is 0. The number of benzene rings is 2. The van der Waals surface area contributed by atoms with Crippen molar-refractivity contribution in [2.75, 3.05) is 12.5 Å². The van der Waals surface area contributed by atoms with Crippen molar-refractivity contribution in [1.29, 1.82) is 0 Å². The van der Waals surface area contributed by atoms with Gasteiger partial charge < -0.3 is 0 Å². The van der Waals surface area contributed by atoms with Crippen molar-refractivity contribution in [3.8, 4) is 0 Å². The highest BCUT2D eigenvalue weighted by Crippen LogP contribution is 2.44. The van der Waals surface area contributed by atoms with Crippen molar-refractivity contribution >= 4 is 33.9 Å². The van der Waals surface area contributed by atoms with Crippen LogP contribution in [0.5, 0.6) is 0 Å². The summed E-state index contributed by atoms with van der Waals surface area (Å²) in [5.74, 6) is 0. The molecule has 4 nitrogen and oxygen atoms in total. The highest BCUT2D eigenvalue weighted by atomic mass is 32.2. The van der Waals surface area contributed by atoms with E-state index in [1.165, 1.54) is 11.1 Å². The Bertz CT molecular complexity index is 709. The highest BCUT2D eigenvalue weighted by Gasteiger charge is 2.45. The first kappa shape index (κ1) is 15.6. The minimum absolute atomic E-state index is 0.0476. The summed E-state index contributed by atoms with van der Waals surface area (Å²) in [6.45, 7) is 0. The summed E-state index contributed by atoms with van der Waals surface area (Å²) in [6, 6.07) is 20.8. The van der Waals surface area contributed by atoms with Crippen molar-refractivity contribution in [3.05, 3.63) is 71.8 Å². The van der Waals surface area contributed by atoms with Crippen LogP contribution in [0.3, 0.4) is 0 Å². The zero-order valence-electron chi connectivity index (χ0n) is 13.5. The first-order chi connectivity index (χ1) is 11.8. The molecule has 24 heavy (non-hydrogen) atoms. The molecule has 0 aromatic heterocycles. The van der Waals surface area contributed by atoms with Gasteiger partial charge in [0.05, 0.1) is 0 Å². The fourth-order valence-electron chi connectivity index (χ4n) is 3.04. The molecule has 0 bridgehead atoms. The molecule has 4 rings (SSSR count). The van der Waals surface area contributed by atoms with Crippen LogP contribution < -0.4 is 0 Å². The number of hydrogen-bond donors (Lipinski definition) is 0. The van der Waals surface area contributed by atoms with E-state index in [2.05, 4.69) is 71.1 Å². The Balaban J connectivity index is 1.77. The van der Waals surface area contributed by atoms with Crippen LogP contribution >= 0.6 is 23.5 Å². The predicted octanol–water partition coefficient (Wildman–Crippen LogP) is 4.37. The number of amidine groups is 2. The molecule has 0 saturated carbocycles. The van der Waals surface area contributed by atoms with Gasteiger partial charge in [0.1, 0.15) is 0 Å². The summed E-state index contributed by atoms with van der Waals surface area (Å²) in [5.41, 5.74) is 2.36. The van der Waals surface area contributed by atoms with E-state index in [4.69, 9.17) is 9.98 Å². The Morgan fingerprint density at radius 2 is 1.04 bits per heavy atom. The lowest BCUT2D eigenvalue weighted by Crippen LogP contribution is -2.40. The number of hydrazine groups is 1. The zero-order chi connectivity index (χ0) is 16.5. The van der Waals surface area contributed by atoms with E-state index in [0.717, 1.165) is 10.3 Å². The first-order valence-corrected chi connectivity index (χ1v) is 10.2. The Hall–Kier alpha value is -1.92. The first-order valence-electron chi connectivity index (χ1n) is 7.75. The van der Waals surface area contributed by atoms with E-state index in [9.17, 15) is 0 Å². The van der Waals surface area contributed by atoms with Crippen LogP contribution in [0.25, 0.3) is 0 Å². The van der Waals surface area contributed by atoms with E-state index in [1.54, 1.807) is 23.5 Å².